The van der Waals surface area contributed by atoms with Gasteiger partial charge in [-0.25, -0.2) is 4.39 Å². The average molecular weight is 255 g/mol. The highest BCUT2D eigenvalue weighted by Crippen LogP contribution is 2.32. The van der Waals surface area contributed by atoms with Gasteiger partial charge in [-0.15, -0.1) is 0 Å². The molecule has 2 aliphatic rings. The summed E-state index contributed by atoms with van der Waals surface area (Å²) in [6, 6.07) is 5.65. The minimum absolute atomic E-state index is 0.283. The van der Waals surface area contributed by atoms with E-state index < -0.39 is 0 Å². The smallest absolute Gasteiger partial charge is 0.124 e. The summed E-state index contributed by atoms with van der Waals surface area (Å²) in [4.78, 5) is 2.54. The SMILES string of the molecule is Fc1ccc(NC2CCN3CCCC23)c(Cl)c1. The highest BCUT2D eigenvalue weighted by molar-refractivity contribution is 6.33. The number of fused-ring (bicyclic) bond motifs is 1. The van der Waals surface area contributed by atoms with Gasteiger partial charge in [-0.2, -0.15) is 0 Å². The molecule has 2 atom stereocenters. The van der Waals surface area contributed by atoms with Gasteiger partial charge in [-0.05, 0) is 44.0 Å². The maximum atomic E-state index is 13.0. The minimum Gasteiger partial charge on any atom is -0.379 e. The predicted octanol–water partition coefficient (Wildman–Crippen LogP) is 3.13. The van der Waals surface area contributed by atoms with Crippen molar-refractivity contribution in [1.29, 1.82) is 0 Å². The quantitative estimate of drug-likeness (QED) is 0.872. The highest BCUT2D eigenvalue weighted by Gasteiger charge is 2.37. The van der Waals surface area contributed by atoms with Crippen LogP contribution >= 0.6 is 11.6 Å². The number of halogens is 2. The molecule has 0 amide bonds. The summed E-state index contributed by atoms with van der Waals surface area (Å²) in [5.74, 6) is -0.283. The van der Waals surface area contributed by atoms with E-state index in [-0.39, 0.29) is 5.82 Å². The van der Waals surface area contributed by atoms with Crippen molar-refractivity contribution in [3.63, 3.8) is 0 Å². The molecule has 0 aliphatic carbocycles. The number of benzene rings is 1. The van der Waals surface area contributed by atoms with Crippen molar-refractivity contribution in [2.75, 3.05) is 18.4 Å². The van der Waals surface area contributed by atoms with Crippen molar-refractivity contribution in [2.45, 2.75) is 31.3 Å². The van der Waals surface area contributed by atoms with Crippen LogP contribution in [0.1, 0.15) is 19.3 Å². The van der Waals surface area contributed by atoms with Crippen LogP contribution in [0.2, 0.25) is 5.02 Å². The molecule has 2 fully saturated rings. The van der Waals surface area contributed by atoms with E-state index in [0.29, 0.717) is 17.1 Å². The Labute approximate surface area is 106 Å². The fourth-order valence-electron chi connectivity index (χ4n) is 3.06. The number of nitrogens with one attached hydrogen (secondary N) is 1. The first-order valence-electron chi connectivity index (χ1n) is 6.20. The van der Waals surface area contributed by atoms with Crippen LogP contribution in [-0.4, -0.2) is 30.1 Å². The van der Waals surface area contributed by atoms with E-state index in [9.17, 15) is 4.39 Å². The lowest BCUT2D eigenvalue weighted by Gasteiger charge is -2.22. The van der Waals surface area contributed by atoms with Crippen LogP contribution < -0.4 is 5.32 Å². The van der Waals surface area contributed by atoms with E-state index in [2.05, 4.69) is 10.2 Å². The van der Waals surface area contributed by atoms with Crippen molar-refractivity contribution >= 4 is 17.3 Å². The molecule has 0 saturated carbocycles. The molecule has 3 rings (SSSR count). The maximum absolute atomic E-state index is 13.0. The lowest BCUT2D eigenvalue weighted by atomic mass is 10.1. The number of rotatable bonds is 2. The largest absolute Gasteiger partial charge is 0.379 e. The van der Waals surface area contributed by atoms with E-state index in [0.717, 1.165) is 12.1 Å². The summed E-state index contributed by atoms with van der Waals surface area (Å²) in [5, 5.41) is 3.94. The molecular formula is C13H16ClFN2. The standard InChI is InChI=1S/C13H16ClFN2/c14-10-8-9(15)3-4-11(10)16-12-5-7-17-6-1-2-13(12)17/h3-4,8,12-13,16H,1-2,5-7H2. The fourth-order valence-corrected chi connectivity index (χ4v) is 3.28. The van der Waals surface area contributed by atoms with Crippen molar-refractivity contribution in [3.8, 4) is 0 Å². The Bertz CT molecular complexity index is 424. The zero-order valence-electron chi connectivity index (χ0n) is 9.63. The minimum atomic E-state index is -0.283. The molecule has 0 radical (unpaired) electrons. The Morgan fingerprint density at radius 2 is 2.18 bits per heavy atom. The van der Waals surface area contributed by atoms with E-state index in [1.165, 1.54) is 38.1 Å². The van der Waals surface area contributed by atoms with Gasteiger partial charge in [0.05, 0.1) is 10.7 Å². The normalized spacial score (nSPS) is 28.4. The van der Waals surface area contributed by atoms with Gasteiger partial charge < -0.3 is 5.32 Å². The molecule has 1 aromatic carbocycles. The van der Waals surface area contributed by atoms with Crippen molar-refractivity contribution < 1.29 is 4.39 Å². The number of hydrogen-bond donors (Lipinski definition) is 1. The molecule has 2 heterocycles. The molecule has 17 heavy (non-hydrogen) atoms. The molecule has 2 nitrogen and oxygen atoms in total. The summed E-state index contributed by atoms with van der Waals surface area (Å²) in [6.45, 7) is 2.39. The van der Waals surface area contributed by atoms with Crippen molar-refractivity contribution in [1.82, 2.24) is 4.90 Å². The Hall–Kier alpha value is -0.800. The first-order chi connectivity index (χ1) is 8.24. The van der Waals surface area contributed by atoms with Crippen LogP contribution in [-0.2, 0) is 0 Å². The Morgan fingerprint density at radius 3 is 3.00 bits per heavy atom. The molecule has 2 saturated heterocycles. The van der Waals surface area contributed by atoms with Gasteiger partial charge in [0.25, 0.3) is 0 Å². The second-order valence-electron chi connectivity index (χ2n) is 4.91. The second kappa shape index (κ2) is 4.46. The maximum Gasteiger partial charge on any atom is 0.124 e. The topological polar surface area (TPSA) is 15.3 Å². The second-order valence-corrected chi connectivity index (χ2v) is 5.32. The Balaban J connectivity index is 1.74. The van der Waals surface area contributed by atoms with Gasteiger partial charge in [-0.3, -0.25) is 4.90 Å². The lowest BCUT2D eigenvalue weighted by Crippen LogP contribution is -2.33. The van der Waals surface area contributed by atoms with Crippen molar-refractivity contribution in [3.05, 3.63) is 29.0 Å². The van der Waals surface area contributed by atoms with Gasteiger partial charge in [0.2, 0.25) is 0 Å². The first kappa shape index (κ1) is 11.3. The van der Waals surface area contributed by atoms with Crippen LogP contribution in [0.3, 0.4) is 0 Å². The van der Waals surface area contributed by atoms with Crippen LogP contribution in [0.5, 0.6) is 0 Å². The predicted molar refractivity (Wildman–Crippen MR) is 68.0 cm³/mol. The molecule has 4 heteroatoms. The summed E-state index contributed by atoms with van der Waals surface area (Å²) in [6.07, 6.45) is 3.70. The summed E-state index contributed by atoms with van der Waals surface area (Å²) >= 11 is 6.03. The van der Waals surface area contributed by atoms with Crippen LogP contribution in [0.4, 0.5) is 10.1 Å². The van der Waals surface area contributed by atoms with E-state index in [4.69, 9.17) is 11.6 Å². The van der Waals surface area contributed by atoms with E-state index in [1.807, 2.05) is 0 Å². The van der Waals surface area contributed by atoms with Gasteiger partial charge in [0, 0.05) is 18.6 Å². The van der Waals surface area contributed by atoms with Gasteiger partial charge in [0.15, 0.2) is 0 Å². The summed E-state index contributed by atoms with van der Waals surface area (Å²) < 4.78 is 13.0. The zero-order valence-corrected chi connectivity index (χ0v) is 10.4. The number of anilines is 1. The Kier molecular flexibility index (Phi) is 2.97. The molecular weight excluding hydrogens is 239 g/mol. The average Bonchev–Trinajstić information content (AvgIpc) is 2.86. The van der Waals surface area contributed by atoms with E-state index >= 15 is 0 Å². The van der Waals surface area contributed by atoms with Crippen LogP contribution in [0.15, 0.2) is 18.2 Å². The monoisotopic (exact) mass is 254 g/mol. The molecule has 92 valence electrons. The van der Waals surface area contributed by atoms with Crippen LogP contribution in [0, 0.1) is 5.82 Å². The van der Waals surface area contributed by atoms with E-state index in [1.54, 1.807) is 6.07 Å². The number of hydrogen-bond acceptors (Lipinski definition) is 2. The first-order valence-corrected chi connectivity index (χ1v) is 6.57. The van der Waals surface area contributed by atoms with Gasteiger partial charge >= 0.3 is 0 Å². The third-order valence-electron chi connectivity index (χ3n) is 3.88. The third kappa shape index (κ3) is 2.14. The molecule has 2 aliphatic heterocycles. The van der Waals surface area contributed by atoms with Crippen molar-refractivity contribution in [2.24, 2.45) is 0 Å². The van der Waals surface area contributed by atoms with Gasteiger partial charge in [-0.1, -0.05) is 11.6 Å². The highest BCUT2D eigenvalue weighted by atomic mass is 35.5. The molecule has 1 N–H and O–H groups in total. The molecule has 1 aromatic rings. The molecule has 0 spiro atoms. The number of nitrogens with zero attached hydrogens (tertiary/aromatic N) is 1. The fraction of sp³-hybridized carbons (Fsp3) is 0.538. The summed E-state index contributed by atoms with van der Waals surface area (Å²) in [5.41, 5.74) is 0.854. The third-order valence-corrected chi connectivity index (χ3v) is 4.19. The zero-order chi connectivity index (χ0) is 11.8. The molecule has 0 aromatic heterocycles. The summed E-state index contributed by atoms with van der Waals surface area (Å²) in [7, 11) is 0. The Morgan fingerprint density at radius 1 is 1.29 bits per heavy atom. The molecule has 2 unspecified atom stereocenters. The van der Waals surface area contributed by atoms with Gasteiger partial charge in [0.1, 0.15) is 5.82 Å². The molecule has 0 bridgehead atoms. The van der Waals surface area contributed by atoms with Crippen LogP contribution in [0.25, 0.3) is 0 Å². The lowest BCUT2D eigenvalue weighted by molar-refractivity contribution is 0.318.